The number of hydrogen-bond donors (Lipinski definition) is 1. The lowest BCUT2D eigenvalue weighted by Crippen LogP contribution is -2.41. The van der Waals surface area contributed by atoms with E-state index in [0.29, 0.717) is 5.41 Å². The second-order valence-corrected chi connectivity index (χ2v) is 6.02. The third-order valence-corrected chi connectivity index (χ3v) is 4.39. The lowest BCUT2D eigenvalue weighted by Gasteiger charge is -2.36. The third-order valence-electron chi connectivity index (χ3n) is 3.53. The number of hydrogen-bond acceptors (Lipinski definition) is 2. The molecule has 0 amide bonds. The van der Waals surface area contributed by atoms with Crippen LogP contribution in [-0.2, 0) is 0 Å². The fraction of sp³-hybridized carbons (Fsp3) is 1.00. The van der Waals surface area contributed by atoms with Gasteiger partial charge in [-0.3, -0.25) is 4.90 Å². The predicted octanol–water partition coefficient (Wildman–Crippen LogP) is 3.60. The maximum atomic E-state index is 4.46. The number of thiol groups is 1. The van der Waals surface area contributed by atoms with E-state index in [1.54, 1.807) is 0 Å². The van der Waals surface area contributed by atoms with Crippen molar-refractivity contribution in [2.75, 3.05) is 18.8 Å². The van der Waals surface area contributed by atoms with Gasteiger partial charge in [-0.1, -0.05) is 33.6 Å². The van der Waals surface area contributed by atoms with Crippen molar-refractivity contribution in [3.63, 3.8) is 0 Å². The molecule has 0 bridgehead atoms. The molecule has 1 atom stereocenters. The van der Waals surface area contributed by atoms with Crippen molar-refractivity contribution in [3.05, 3.63) is 0 Å². The Kier molecular flexibility index (Phi) is 5.48. The zero-order valence-electron chi connectivity index (χ0n) is 10.6. The summed E-state index contributed by atoms with van der Waals surface area (Å²) in [7, 11) is 0. The molecule has 1 aliphatic rings. The molecule has 0 aromatic heterocycles. The lowest BCUT2D eigenvalue weighted by atomic mass is 9.94. The molecule has 0 aromatic carbocycles. The molecule has 0 N–H and O–H groups in total. The molecule has 1 saturated heterocycles. The van der Waals surface area contributed by atoms with Crippen LogP contribution in [0.15, 0.2) is 0 Å². The number of nitrogens with zero attached hydrogens (tertiary/aromatic N) is 1. The van der Waals surface area contributed by atoms with E-state index in [2.05, 4.69) is 38.3 Å². The van der Waals surface area contributed by atoms with Crippen molar-refractivity contribution < 1.29 is 0 Å². The van der Waals surface area contributed by atoms with Crippen LogP contribution in [0, 0.1) is 5.41 Å². The lowest BCUT2D eigenvalue weighted by molar-refractivity contribution is 0.139. The average molecular weight is 229 g/mol. The Morgan fingerprint density at radius 1 is 1.27 bits per heavy atom. The zero-order valence-corrected chi connectivity index (χ0v) is 11.5. The minimum atomic E-state index is 0.362. The van der Waals surface area contributed by atoms with E-state index in [0.717, 1.165) is 11.8 Å². The highest BCUT2D eigenvalue weighted by Gasteiger charge is 2.25. The van der Waals surface area contributed by atoms with Crippen LogP contribution < -0.4 is 0 Å². The van der Waals surface area contributed by atoms with Gasteiger partial charge in [0.25, 0.3) is 0 Å². The first-order valence-electron chi connectivity index (χ1n) is 6.44. The van der Waals surface area contributed by atoms with Gasteiger partial charge in [0.05, 0.1) is 0 Å². The largest absolute Gasteiger partial charge is 0.300 e. The minimum Gasteiger partial charge on any atom is -0.300 e. The van der Waals surface area contributed by atoms with Crippen molar-refractivity contribution >= 4 is 12.6 Å². The first kappa shape index (κ1) is 13.4. The highest BCUT2D eigenvalue weighted by molar-refractivity contribution is 7.80. The highest BCUT2D eigenvalue weighted by atomic mass is 32.1. The maximum Gasteiger partial charge on any atom is 0.00928 e. The van der Waals surface area contributed by atoms with Crippen molar-refractivity contribution in [2.24, 2.45) is 5.41 Å². The summed E-state index contributed by atoms with van der Waals surface area (Å²) in [6.07, 6.45) is 6.95. The summed E-state index contributed by atoms with van der Waals surface area (Å²) in [5.41, 5.74) is 0.362. The van der Waals surface area contributed by atoms with E-state index in [4.69, 9.17) is 0 Å². The summed E-state index contributed by atoms with van der Waals surface area (Å²) in [5, 5.41) is 0. The van der Waals surface area contributed by atoms with Gasteiger partial charge in [0.2, 0.25) is 0 Å². The summed E-state index contributed by atoms with van der Waals surface area (Å²) < 4.78 is 0. The van der Waals surface area contributed by atoms with E-state index >= 15 is 0 Å². The van der Waals surface area contributed by atoms with Gasteiger partial charge in [-0.25, -0.2) is 0 Å². The molecule has 15 heavy (non-hydrogen) atoms. The van der Waals surface area contributed by atoms with E-state index in [-0.39, 0.29) is 0 Å². The van der Waals surface area contributed by atoms with Gasteiger partial charge in [-0.15, -0.1) is 0 Å². The van der Waals surface area contributed by atoms with Gasteiger partial charge in [0.15, 0.2) is 0 Å². The number of rotatable bonds is 4. The van der Waals surface area contributed by atoms with E-state index in [9.17, 15) is 0 Å². The zero-order chi connectivity index (χ0) is 11.3. The monoisotopic (exact) mass is 229 g/mol. The Morgan fingerprint density at radius 2 is 2.00 bits per heavy atom. The summed E-state index contributed by atoms with van der Waals surface area (Å²) >= 11 is 4.46. The normalized spacial score (nSPS) is 25.2. The van der Waals surface area contributed by atoms with Crippen LogP contribution in [0.3, 0.4) is 0 Å². The summed E-state index contributed by atoms with van der Waals surface area (Å²) in [4.78, 5) is 2.71. The molecule has 0 radical (unpaired) electrons. The third kappa shape index (κ3) is 4.36. The quantitative estimate of drug-likeness (QED) is 0.721. The second kappa shape index (κ2) is 6.15. The van der Waals surface area contributed by atoms with Gasteiger partial charge in [-0.05, 0) is 37.0 Å². The fourth-order valence-corrected chi connectivity index (χ4v) is 2.61. The molecule has 2 heteroatoms. The number of likely N-dealkylation sites (tertiary alicyclic amines) is 1. The first-order valence-corrected chi connectivity index (χ1v) is 7.07. The fourth-order valence-electron chi connectivity index (χ4n) is 2.51. The van der Waals surface area contributed by atoms with Crippen LogP contribution in [0.2, 0.25) is 0 Å². The minimum absolute atomic E-state index is 0.362. The van der Waals surface area contributed by atoms with E-state index in [1.807, 2.05) is 0 Å². The molecule has 1 heterocycles. The molecule has 1 aliphatic heterocycles. The van der Waals surface area contributed by atoms with Crippen molar-refractivity contribution in [2.45, 2.75) is 58.9 Å². The molecule has 90 valence electrons. The molecule has 1 fully saturated rings. The van der Waals surface area contributed by atoms with E-state index < -0.39 is 0 Å². The Balaban J connectivity index is 2.55. The maximum absolute atomic E-state index is 4.46. The SMILES string of the molecule is CCC1CCCCCN1CC(C)(C)CS. The Hall–Kier alpha value is 0.310. The molecular weight excluding hydrogens is 202 g/mol. The standard InChI is InChI=1S/C13H27NS/c1-4-12-8-6-5-7-9-14(12)10-13(2,3)11-15/h12,15H,4-11H2,1-3H3. The molecule has 1 nitrogen and oxygen atoms in total. The molecule has 1 rings (SSSR count). The van der Waals surface area contributed by atoms with Gasteiger partial charge < -0.3 is 0 Å². The predicted molar refractivity (Wildman–Crippen MR) is 71.8 cm³/mol. The van der Waals surface area contributed by atoms with Gasteiger partial charge in [0.1, 0.15) is 0 Å². The molecule has 0 aliphatic carbocycles. The van der Waals surface area contributed by atoms with Gasteiger partial charge in [0, 0.05) is 12.6 Å². The molecule has 0 spiro atoms. The van der Waals surface area contributed by atoms with Crippen LogP contribution >= 0.6 is 12.6 Å². The van der Waals surface area contributed by atoms with E-state index in [1.165, 1.54) is 45.2 Å². The smallest absolute Gasteiger partial charge is 0.00928 e. The van der Waals surface area contributed by atoms with Crippen LogP contribution in [0.5, 0.6) is 0 Å². The van der Waals surface area contributed by atoms with Crippen LogP contribution in [-0.4, -0.2) is 29.8 Å². The highest BCUT2D eigenvalue weighted by Crippen LogP contribution is 2.25. The summed E-state index contributed by atoms with van der Waals surface area (Å²) in [6, 6.07) is 0.826. The van der Waals surface area contributed by atoms with Crippen molar-refractivity contribution in [1.29, 1.82) is 0 Å². The molecule has 0 aromatic rings. The van der Waals surface area contributed by atoms with Crippen LogP contribution in [0.4, 0.5) is 0 Å². The average Bonchev–Trinajstić information content (AvgIpc) is 2.42. The Morgan fingerprint density at radius 3 is 2.60 bits per heavy atom. The molecule has 0 saturated carbocycles. The summed E-state index contributed by atoms with van der Waals surface area (Å²) in [6.45, 7) is 9.51. The van der Waals surface area contributed by atoms with Crippen molar-refractivity contribution in [1.82, 2.24) is 4.90 Å². The van der Waals surface area contributed by atoms with Crippen LogP contribution in [0.25, 0.3) is 0 Å². The summed E-state index contributed by atoms with van der Waals surface area (Å²) in [5.74, 6) is 0.986. The topological polar surface area (TPSA) is 3.24 Å². The van der Waals surface area contributed by atoms with Crippen molar-refractivity contribution in [3.8, 4) is 0 Å². The second-order valence-electron chi connectivity index (χ2n) is 5.70. The van der Waals surface area contributed by atoms with Gasteiger partial charge in [-0.2, -0.15) is 12.6 Å². The first-order chi connectivity index (χ1) is 7.09. The Bertz CT molecular complexity index is 179. The molecular formula is C13H27NS. The van der Waals surface area contributed by atoms with Crippen LogP contribution in [0.1, 0.15) is 52.9 Å². The van der Waals surface area contributed by atoms with Gasteiger partial charge >= 0.3 is 0 Å². The molecule has 1 unspecified atom stereocenters. The Labute approximate surface area is 101 Å².